The molecule has 140 valence electrons. The second-order valence-corrected chi connectivity index (χ2v) is 9.27. The van der Waals surface area contributed by atoms with E-state index in [0.29, 0.717) is 5.13 Å². The highest BCUT2D eigenvalue weighted by molar-refractivity contribution is 8.00. The van der Waals surface area contributed by atoms with Crippen LogP contribution in [-0.4, -0.2) is 30.8 Å². The zero-order valence-corrected chi connectivity index (χ0v) is 17.0. The largest absolute Gasteiger partial charge is 0.296 e. The predicted molar refractivity (Wildman–Crippen MR) is 108 cm³/mol. The number of thioether (sulfide) groups is 1. The van der Waals surface area contributed by atoms with Crippen LogP contribution in [0.4, 0.5) is 10.8 Å². The van der Waals surface area contributed by atoms with Crippen molar-refractivity contribution < 1.29 is 13.2 Å². The molecule has 0 spiro atoms. The first kappa shape index (κ1) is 19.6. The van der Waals surface area contributed by atoms with Gasteiger partial charge in [-0.15, -0.1) is 10.2 Å². The van der Waals surface area contributed by atoms with Crippen molar-refractivity contribution in [2.45, 2.75) is 9.24 Å². The second-order valence-electron chi connectivity index (χ2n) is 5.14. The van der Waals surface area contributed by atoms with Gasteiger partial charge in [0.25, 0.3) is 15.9 Å². The molecule has 0 radical (unpaired) electrons. The zero-order valence-electron chi connectivity index (χ0n) is 13.8. The quantitative estimate of drug-likeness (QED) is 0.444. The molecule has 0 saturated carbocycles. The summed E-state index contributed by atoms with van der Waals surface area (Å²) in [5.41, 5.74) is 0.446. The molecule has 0 fully saturated rings. The molecule has 0 aliphatic rings. The third kappa shape index (κ3) is 4.78. The molecule has 0 atom stereocenters. The molecule has 27 heavy (non-hydrogen) atoms. The van der Waals surface area contributed by atoms with Gasteiger partial charge < -0.3 is 0 Å². The van der Waals surface area contributed by atoms with E-state index in [2.05, 4.69) is 20.2 Å². The summed E-state index contributed by atoms with van der Waals surface area (Å²) in [5.74, 6) is -0.457. The summed E-state index contributed by atoms with van der Waals surface area (Å²) in [5, 5.41) is 10.8. The molecule has 3 rings (SSSR count). The fraction of sp³-hybridized carbons (Fsp3) is 0.0625. The molecular formula is C16H13ClN4O3S3. The molecule has 1 heterocycles. The monoisotopic (exact) mass is 440 g/mol. The zero-order chi connectivity index (χ0) is 19.4. The minimum atomic E-state index is -3.74. The Balaban J connectivity index is 1.76. The minimum absolute atomic E-state index is 0.107. The van der Waals surface area contributed by atoms with E-state index in [1.807, 2.05) is 6.26 Å². The number of amides is 1. The van der Waals surface area contributed by atoms with Crippen molar-refractivity contribution in [3.8, 4) is 0 Å². The molecule has 7 nitrogen and oxygen atoms in total. The molecule has 0 saturated heterocycles. The average Bonchev–Trinajstić information content (AvgIpc) is 3.09. The highest BCUT2D eigenvalue weighted by atomic mass is 35.5. The van der Waals surface area contributed by atoms with E-state index in [0.717, 1.165) is 4.34 Å². The molecule has 0 aliphatic carbocycles. The molecule has 0 aliphatic heterocycles. The summed E-state index contributed by atoms with van der Waals surface area (Å²) >= 11 is 8.83. The van der Waals surface area contributed by atoms with Gasteiger partial charge in [-0.05, 0) is 36.6 Å². The fourth-order valence-corrected chi connectivity index (χ4v) is 4.59. The van der Waals surface area contributed by atoms with Gasteiger partial charge in [-0.1, -0.05) is 52.9 Å². The number of benzene rings is 2. The molecule has 1 aromatic heterocycles. The van der Waals surface area contributed by atoms with Gasteiger partial charge in [0, 0.05) is 0 Å². The Kier molecular flexibility index (Phi) is 6.00. The van der Waals surface area contributed by atoms with Crippen molar-refractivity contribution >= 4 is 61.4 Å². The number of hydrogen-bond acceptors (Lipinski definition) is 7. The number of hydrogen-bond donors (Lipinski definition) is 2. The van der Waals surface area contributed by atoms with Gasteiger partial charge in [0.15, 0.2) is 4.34 Å². The summed E-state index contributed by atoms with van der Waals surface area (Å²) in [6.45, 7) is 0. The summed E-state index contributed by atoms with van der Waals surface area (Å²) < 4.78 is 27.9. The number of sulfonamides is 1. The maximum Gasteiger partial charge on any atom is 0.261 e. The Labute approximate surface area is 169 Å². The summed E-state index contributed by atoms with van der Waals surface area (Å²) in [6.07, 6.45) is 1.86. The van der Waals surface area contributed by atoms with E-state index in [4.69, 9.17) is 11.6 Å². The van der Waals surface area contributed by atoms with Crippen LogP contribution in [0.25, 0.3) is 0 Å². The van der Waals surface area contributed by atoms with Crippen molar-refractivity contribution in [1.82, 2.24) is 10.2 Å². The van der Waals surface area contributed by atoms with Gasteiger partial charge in [0.2, 0.25) is 5.13 Å². The molecule has 11 heteroatoms. The summed E-state index contributed by atoms with van der Waals surface area (Å²) in [4.78, 5) is 12.5. The van der Waals surface area contributed by atoms with Crippen molar-refractivity contribution in [3.63, 3.8) is 0 Å². The first-order valence-electron chi connectivity index (χ1n) is 7.45. The Morgan fingerprint density at radius 3 is 2.52 bits per heavy atom. The normalized spacial score (nSPS) is 11.2. The highest BCUT2D eigenvalue weighted by Crippen LogP contribution is 2.26. The van der Waals surface area contributed by atoms with Crippen molar-refractivity contribution in [2.75, 3.05) is 16.3 Å². The standard InChI is InChI=1S/C16H13ClN4O3S3/c1-25-16-20-19-15(26-16)18-14(22)12-8-7-10(9-13(12)17)21-27(23,24)11-5-3-2-4-6-11/h2-9,21H,1H3,(H,18,19,22). The predicted octanol–water partition coefficient (Wildman–Crippen LogP) is 3.97. The molecule has 3 aromatic rings. The van der Waals surface area contributed by atoms with Gasteiger partial charge in [-0.3, -0.25) is 14.8 Å². The van der Waals surface area contributed by atoms with E-state index in [-0.39, 0.29) is 21.2 Å². The van der Waals surface area contributed by atoms with Gasteiger partial charge in [0.05, 0.1) is 21.2 Å². The number of carbonyl (C=O) groups excluding carboxylic acids is 1. The molecule has 2 N–H and O–H groups in total. The Morgan fingerprint density at radius 1 is 1.15 bits per heavy atom. The van der Waals surface area contributed by atoms with E-state index in [1.165, 1.54) is 53.4 Å². The topological polar surface area (TPSA) is 101 Å². The number of carbonyl (C=O) groups is 1. The van der Waals surface area contributed by atoms with Crippen LogP contribution in [0, 0.1) is 0 Å². The van der Waals surface area contributed by atoms with Crippen molar-refractivity contribution in [3.05, 3.63) is 59.1 Å². The average molecular weight is 441 g/mol. The van der Waals surface area contributed by atoms with E-state index < -0.39 is 15.9 Å². The number of rotatable bonds is 6. The van der Waals surface area contributed by atoms with Crippen molar-refractivity contribution in [1.29, 1.82) is 0 Å². The lowest BCUT2D eigenvalue weighted by atomic mass is 10.2. The van der Waals surface area contributed by atoms with Crippen LogP contribution in [0.15, 0.2) is 57.8 Å². The highest BCUT2D eigenvalue weighted by Gasteiger charge is 2.17. The number of nitrogens with zero attached hydrogens (tertiary/aromatic N) is 2. The number of anilines is 2. The minimum Gasteiger partial charge on any atom is -0.296 e. The summed E-state index contributed by atoms with van der Waals surface area (Å²) in [7, 11) is -3.74. The lowest BCUT2D eigenvalue weighted by molar-refractivity contribution is 0.102. The van der Waals surface area contributed by atoms with Gasteiger partial charge in [0.1, 0.15) is 0 Å². The Hall–Kier alpha value is -2.14. The van der Waals surface area contributed by atoms with Gasteiger partial charge in [-0.25, -0.2) is 8.42 Å². The lowest BCUT2D eigenvalue weighted by Crippen LogP contribution is -2.14. The third-order valence-corrected chi connectivity index (χ3v) is 6.85. The van der Waals surface area contributed by atoms with Gasteiger partial charge in [-0.2, -0.15) is 0 Å². The maximum absolute atomic E-state index is 12.4. The fourth-order valence-electron chi connectivity index (χ4n) is 2.08. The van der Waals surface area contributed by atoms with Crippen LogP contribution in [0.2, 0.25) is 5.02 Å². The second kappa shape index (κ2) is 8.26. The number of aromatic nitrogens is 2. The van der Waals surface area contributed by atoms with Crippen LogP contribution in [0.1, 0.15) is 10.4 Å². The van der Waals surface area contributed by atoms with Gasteiger partial charge >= 0.3 is 0 Å². The lowest BCUT2D eigenvalue weighted by Gasteiger charge is -2.10. The van der Waals surface area contributed by atoms with Crippen molar-refractivity contribution in [2.24, 2.45) is 0 Å². The van der Waals surface area contributed by atoms with Crippen LogP contribution in [0.5, 0.6) is 0 Å². The Bertz CT molecular complexity index is 1070. The third-order valence-electron chi connectivity index (χ3n) is 3.32. The maximum atomic E-state index is 12.4. The smallest absolute Gasteiger partial charge is 0.261 e. The molecule has 1 amide bonds. The molecule has 0 unspecified atom stereocenters. The van der Waals surface area contributed by atoms with E-state index >= 15 is 0 Å². The first-order chi connectivity index (χ1) is 12.9. The molecule has 2 aromatic carbocycles. The Morgan fingerprint density at radius 2 is 1.89 bits per heavy atom. The van der Waals surface area contributed by atoms with Crippen LogP contribution >= 0.6 is 34.7 Å². The van der Waals surface area contributed by atoms with Crippen LogP contribution in [-0.2, 0) is 10.0 Å². The van der Waals surface area contributed by atoms with E-state index in [1.54, 1.807) is 18.2 Å². The first-order valence-corrected chi connectivity index (χ1v) is 11.4. The summed E-state index contributed by atoms with van der Waals surface area (Å²) in [6, 6.07) is 12.2. The molecular weight excluding hydrogens is 428 g/mol. The number of nitrogens with one attached hydrogen (secondary N) is 2. The number of halogens is 1. The van der Waals surface area contributed by atoms with Crippen LogP contribution < -0.4 is 10.0 Å². The van der Waals surface area contributed by atoms with E-state index in [9.17, 15) is 13.2 Å². The molecule has 0 bridgehead atoms. The van der Waals surface area contributed by atoms with Crippen LogP contribution in [0.3, 0.4) is 0 Å². The SMILES string of the molecule is CSc1nnc(NC(=O)c2ccc(NS(=O)(=O)c3ccccc3)cc2Cl)s1.